The normalized spacial score (nSPS) is 15.1. The van der Waals surface area contributed by atoms with Crippen LogP contribution in [0.2, 0.25) is 0 Å². The molecule has 126 valence electrons. The summed E-state index contributed by atoms with van der Waals surface area (Å²) in [6, 6.07) is 9.40. The first-order chi connectivity index (χ1) is 11.3. The van der Waals surface area contributed by atoms with Crippen molar-refractivity contribution in [2.24, 2.45) is 0 Å². The Morgan fingerprint density at radius 3 is 2.58 bits per heavy atom. The van der Waals surface area contributed by atoms with Crippen LogP contribution in [0.3, 0.4) is 0 Å². The van der Waals surface area contributed by atoms with Crippen molar-refractivity contribution in [1.29, 1.82) is 0 Å². The quantitative estimate of drug-likeness (QED) is 0.870. The second kappa shape index (κ2) is 6.23. The zero-order valence-electron chi connectivity index (χ0n) is 14.6. The first-order valence-corrected chi connectivity index (χ1v) is 8.20. The van der Waals surface area contributed by atoms with Gasteiger partial charge in [0.2, 0.25) is 0 Å². The summed E-state index contributed by atoms with van der Waals surface area (Å²) in [5, 5.41) is 0. The molecule has 0 saturated carbocycles. The SMILES string of the molecule is C[C@H](Oc1ccccc1)C(=O)N1Cc2cnc(C(C)(C)C)nc2C1. The molecule has 1 aromatic heterocycles. The Kier molecular flexibility index (Phi) is 4.26. The van der Waals surface area contributed by atoms with Crippen LogP contribution in [0.4, 0.5) is 0 Å². The molecular formula is C19H23N3O2. The molecular weight excluding hydrogens is 302 g/mol. The number of hydrogen-bond donors (Lipinski definition) is 0. The van der Waals surface area contributed by atoms with Crippen molar-refractivity contribution in [1.82, 2.24) is 14.9 Å². The minimum absolute atomic E-state index is 0.0332. The molecule has 1 aliphatic rings. The number of carbonyl (C=O) groups is 1. The molecule has 0 bridgehead atoms. The van der Waals surface area contributed by atoms with Crippen LogP contribution in [-0.4, -0.2) is 26.9 Å². The Morgan fingerprint density at radius 2 is 1.92 bits per heavy atom. The first kappa shape index (κ1) is 16.4. The summed E-state index contributed by atoms with van der Waals surface area (Å²) in [5.41, 5.74) is 1.86. The maximum absolute atomic E-state index is 12.7. The van der Waals surface area contributed by atoms with Gasteiger partial charge in [0.25, 0.3) is 5.91 Å². The van der Waals surface area contributed by atoms with Gasteiger partial charge in [0.1, 0.15) is 11.6 Å². The van der Waals surface area contributed by atoms with E-state index in [0.29, 0.717) is 18.8 Å². The number of rotatable bonds is 3. The third-order valence-electron chi connectivity index (χ3n) is 4.04. The van der Waals surface area contributed by atoms with Crippen LogP contribution in [0.25, 0.3) is 0 Å². The third-order valence-corrected chi connectivity index (χ3v) is 4.04. The summed E-state index contributed by atoms with van der Waals surface area (Å²) in [7, 11) is 0. The second-order valence-corrected chi connectivity index (χ2v) is 7.18. The lowest BCUT2D eigenvalue weighted by molar-refractivity contribution is -0.138. The van der Waals surface area contributed by atoms with Crippen molar-refractivity contribution < 1.29 is 9.53 Å². The fraction of sp³-hybridized carbons (Fsp3) is 0.421. The van der Waals surface area contributed by atoms with E-state index in [1.165, 1.54) is 0 Å². The molecule has 5 heteroatoms. The van der Waals surface area contributed by atoms with Gasteiger partial charge in [-0.05, 0) is 19.1 Å². The molecule has 0 spiro atoms. The van der Waals surface area contributed by atoms with Gasteiger partial charge < -0.3 is 9.64 Å². The van der Waals surface area contributed by atoms with E-state index in [9.17, 15) is 4.79 Å². The van der Waals surface area contributed by atoms with Crippen molar-refractivity contribution in [2.75, 3.05) is 0 Å². The fourth-order valence-corrected chi connectivity index (χ4v) is 2.68. The first-order valence-electron chi connectivity index (χ1n) is 8.20. The summed E-state index contributed by atoms with van der Waals surface area (Å²) in [6.07, 6.45) is 1.32. The van der Waals surface area contributed by atoms with Gasteiger partial charge in [-0.1, -0.05) is 39.0 Å². The van der Waals surface area contributed by atoms with Crippen LogP contribution in [0.1, 0.15) is 44.8 Å². The van der Waals surface area contributed by atoms with E-state index in [2.05, 4.69) is 30.7 Å². The molecule has 0 unspecified atom stereocenters. The van der Waals surface area contributed by atoms with Crippen LogP contribution in [-0.2, 0) is 23.3 Å². The molecule has 1 atom stereocenters. The third kappa shape index (κ3) is 3.40. The Balaban J connectivity index is 1.69. The number of ether oxygens (including phenoxy) is 1. The molecule has 0 radical (unpaired) electrons. The number of hydrogen-bond acceptors (Lipinski definition) is 4. The molecule has 1 amide bonds. The monoisotopic (exact) mass is 325 g/mol. The maximum Gasteiger partial charge on any atom is 0.264 e. The molecule has 0 N–H and O–H groups in total. The average molecular weight is 325 g/mol. The lowest BCUT2D eigenvalue weighted by Gasteiger charge is -2.21. The van der Waals surface area contributed by atoms with E-state index in [1.807, 2.05) is 36.5 Å². The number of fused-ring (bicyclic) bond motifs is 1. The number of carbonyl (C=O) groups excluding carboxylic acids is 1. The van der Waals surface area contributed by atoms with Crippen LogP contribution in [0, 0.1) is 0 Å². The zero-order chi connectivity index (χ0) is 17.3. The molecule has 24 heavy (non-hydrogen) atoms. The van der Waals surface area contributed by atoms with Gasteiger partial charge in [0, 0.05) is 23.7 Å². The highest BCUT2D eigenvalue weighted by Crippen LogP contribution is 2.25. The van der Waals surface area contributed by atoms with Gasteiger partial charge in [-0.15, -0.1) is 0 Å². The molecule has 2 aromatic rings. The molecule has 1 aromatic carbocycles. The van der Waals surface area contributed by atoms with Gasteiger partial charge >= 0.3 is 0 Å². The van der Waals surface area contributed by atoms with Crippen LogP contribution < -0.4 is 4.74 Å². The molecule has 2 heterocycles. The van der Waals surface area contributed by atoms with E-state index in [0.717, 1.165) is 17.1 Å². The van der Waals surface area contributed by atoms with Crippen molar-refractivity contribution in [3.05, 3.63) is 53.6 Å². The standard InChI is InChI=1S/C19H23N3O2/c1-13(24-15-8-6-5-7-9-15)17(23)22-11-14-10-20-18(19(2,3)4)21-16(14)12-22/h5-10,13H,11-12H2,1-4H3/t13-/m0/s1. The molecule has 0 fully saturated rings. The zero-order valence-corrected chi connectivity index (χ0v) is 14.6. The number of amides is 1. The predicted octanol–water partition coefficient (Wildman–Crippen LogP) is 3.08. The second-order valence-electron chi connectivity index (χ2n) is 7.18. The van der Waals surface area contributed by atoms with Gasteiger partial charge in [0.15, 0.2) is 6.10 Å². The van der Waals surface area contributed by atoms with Crippen molar-refractivity contribution in [3.8, 4) is 5.75 Å². The molecule has 5 nitrogen and oxygen atoms in total. The Morgan fingerprint density at radius 1 is 1.21 bits per heavy atom. The van der Waals surface area contributed by atoms with E-state index in [1.54, 1.807) is 11.8 Å². The Bertz CT molecular complexity index is 738. The summed E-state index contributed by atoms with van der Waals surface area (Å²) in [5.74, 6) is 1.48. The number of benzene rings is 1. The number of para-hydroxylation sites is 1. The van der Waals surface area contributed by atoms with Gasteiger partial charge in [-0.25, -0.2) is 9.97 Å². The lowest BCUT2D eigenvalue weighted by Crippen LogP contribution is -2.37. The van der Waals surface area contributed by atoms with E-state index >= 15 is 0 Å². The molecule has 0 saturated heterocycles. The van der Waals surface area contributed by atoms with E-state index in [-0.39, 0.29) is 11.3 Å². The topological polar surface area (TPSA) is 55.3 Å². The van der Waals surface area contributed by atoms with Crippen molar-refractivity contribution >= 4 is 5.91 Å². The largest absolute Gasteiger partial charge is 0.481 e. The highest BCUT2D eigenvalue weighted by Gasteiger charge is 2.30. The lowest BCUT2D eigenvalue weighted by atomic mass is 9.95. The number of aromatic nitrogens is 2. The summed E-state index contributed by atoms with van der Waals surface area (Å²) >= 11 is 0. The predicted molar refractivity (Wildman–Crippen MR) is 91.5 cm³/mol. The molecule has 3 rings (SSSR count). The van der Waals surface area contributed by atoms with Crippen molar-refractivity contribution in [2.45, 2.75) is 52.3 Å². The summed E-state index contributed by atoms with van der Waals surface area (Å²) in [6.45, 7) is 9.10. The fourth-order valence-electron chi connectivity index (χ4n) is 2.68. The van der Waals surface area contributed by atoms with Gasteiger partial charge in [-0.3, -0.25) is 4.79 Å². The Hall–Kier alpha value is -2.43. The minimum Gasteiger partial charge on any atom is -0.481 e. The van der Waals surface area contributed by atoms with Gasteiger partial charge in [0.05, 0.1) is 12.2 Å². The Labute approximate surface area is 142 Å². The van der Waals surface area contributed by atoms with Gasteiger partial charge in [-0.2, -0.15) is 0 Å². The molecule has 1 aliphatic heterocycles. The summed E-state index contributed by atoms with van der Waals surface area (Å²) < 4.78 is 5.74. The van der Waals surface area contributed by atoms with E-state index < -0.39 is 6.10 Å². The highest BCUT2D eigenvalue weighted by molar-refractivity contribution is 5.81. The smallest absolute Gasteiger partial charge is 0.264 e. The number of nitrogens with zero attached hydrogens (tertiary/aromatic N) is 3. The highest BCUT2D eigenvalue weighted by atomic mass is 16.5. The van der Waals surface area contributed by atoms with E-state index in [4.69, 9.17) is 4.74 Å². The summed E-state index contributed by atoms with van der Waals surface area (Å²) in [4.78, 5) is 23.5. The van der Waals surface area contributed by atoms with Crippen LogP contribution >= 0.6 is 0 Å². The maximum atomic E-state index is 12.7. The van der Waals surface area contributed by atoms with Crippen LogP contribution in [0.15, 0.2) is 36.5 Å². The van der Waals surface area contributed by atoms with Crippen LogP contribution in [0.5, 0.6) is 5.75 Å². The average Bonchev–Trinajstić information content (AvgIpc) is 2.97. The minimum atomic E-state index is -0.531. The van der Waals surface area contributed by atoms with Crippen molar-refractivity contribution in [3.63, 3.8) is 0 Å². The molecule has 0 aliphatic carbocycles.